The fourth-order valence-corrected chi connectivity index (χ4v) is 2.00. The first-order valence-corrected chi connectivity index (χ1v) is 7.43. The van der Waals surface area contributed by atoms with Crippen LogP contribution in [0.3, 0.4) is 0 Å². The van der Waals surface area contributed by atoms with Gasteiger partial charge in [0.05, 0.1) is 11.7 Å². The molecule has 1 atom stereocenters. The quantitative estimate of drug-likeness (QED) is 0.883. The number of anilines is 1. The molecule has 3 nitrogen and oxygen atoms in total. The third-order valence-corrected chi connectivity index (χ3v) is 3.77. The van der Waals surface area contributed by atoms with Crippen LogP contribution in [0.1, 0.15) is 18.2 Å². The summed E-state index contributed by atoms with van der Waals surface area (Å²) in [5.74, 6) is 1.76. The van der Waals surface area contributed by atoms with Crippen molar-refractivity contribution in [1.29, 1.82) is 0 Å². The maximum Gasteiger partial charge on any atom is 0.126 e. The summed E-state index contributed by atoms with van der Waals surface area (Å²) in [7, 11) is 0. The van der Waals surface area contributed by atoms with Crippen LogP contribution in [-0.4, -0.2) is 17.6 Å². The molecule has 0 spiro atoms. The van der Waals surface area contributed by atoms with E-state index in [1.54, 1.807) is 0 Å². The third kappa shape index (κ3) is 4.23. The standard InChI is InChI=1S/C16H19BrN2O/c1-11-4-6-14(7-5-11)20-10-12(2)18-16-9-8-15(17)13(3)19-16/h4-9,12H,10H2,1-3H3,(H,18,19). The predicted molar refractivity (Wildman–Crippen MR) is 86.4 cm³/mol. The van der Waals surface area contributed by atoms with Crippen molar-refractivity contribution in [2.24, 2.45) is 0 Å². The Balaban J connectivity index is 1.87. The lowest BCUT2D eigenvalue weighted by Gasteiger charge is -2.16. The zero-order valence-electron chi connectivity index (χ0n) is 12.0. The van der Waals surface area contributed by atoms with Gasteiger partial charge in [-0.15, -0.1) is 0 Å². The molecule has 0 radical (unpaired) electrons. The highest BCUT2D eigenvalue weighted by atomic mass is 79.9. The van der Waals surface area contributed by atoms with Gasteiger partial charge in [-0.3, -0.25) is 0 Å². The van der Waals surface area contributed by atoms with Gasteiger partial charge in [-0.25, -0.2) is 4.98 Å². The topological polar surface area (TPSA) is 34.1 Å². The van der Waals surface area contributed by atoms with Crippen LogP contribution in [0.2, 0.25) is 0 Å². The van der Waals surface area contributed by atoms with E-state index in [0.29, 0.717) is 6.61 Å². The van der Waals surface area contributed by atoms with Crippen LogP contribution in [0.15, 0.2) is 40.9 Å². The Morgan fingerprint density at radius 2 is 1.85 bits per heavy atom. The van der Waals surface area contributed by atoms with Gasteiger partial charge >= 0.3 is 0 Å². The molecule has 0 saturated heterocycles. The average Bonchev–Trinajstić information content (AvgIpc) is 2.42. The van der Waals surface area contributed by atoms with Crippen LogP contribution in [0, 0.1) is 13.8 Å². The van der Waals surface area contributed by atoms with Crippen molar-refractivity contribution in [1.82, 2.24) is 4.98 Å². The number of ether oxygens (including phenoxy) is 1. The van der Waals surface area contributed by atoms with Crippen LogP contribution in [0.4, 0.5) is 5.82 Å². The average molecular weight is 335 g/mol. The number of hydrogen-bond acceptors (Lipinski definition) is 3. The van der Waals surface area contributed by atoms with Crippen molar-refractivity contribution >= 4 is 21.7 Å². The molecule has 0 aliphatic heterocycles. The molecule has 2 rings (SSSR count). The first-order valence-electron chi connectivity index (χ1n) is 6.64. The molecular formula is C16H19BrN2O. The number of nitrogens with zero attached hydrogens (tertiary/aromatic N) is 1. The SMILES string of the molecule is Cc1ccc(OCC(C)Nc2ccc(Br)c(C)n2)cc1. The lowest BCUT2D eigenvalue weighted by Crippen LogP contribution is -2.24. The fourth-order valence-electron chi connectivity index (χ4n) is 1.77. The molecule has 0 saturated carbocycles. The molecule has 0 fully saturated rings. The second-order valence-electron chi connectivity index (χ2n) is 4.93. The number of hydrogen-bond donors (Lipinski definition) is 1. The molecule has 106 valence electrons. The molecule has 0 aliphatic rings. The van der Waals surface area contributed by atoms with Gasteiger partial charge in [-0.1, -0.05) is 17.7 Å². The van der Waals surface area contributed by atoms with E-state index in [-0.39, 0.29) is 6.04 Å². The van der Waals surface area contributed by atoms with Crippen LogP contribution < -0.4 is 10.1 Å². The Kier molecular flexibility index (Phi) is 5.01. The van der Waals surface area contributed by atoms with Gasteiger partial charge in [-0.05, 0) is 61.0 Å². The fraction of sp³-hybridized carbons (Fsp3) is 0.312. The van der Waals surface area contributed by atoms with Crippen LogP contribution in [0.25, 0.3) is 0 Å². The van der Waals surface area contributed by atoms with E-state index in [2.05, 4.69) is 40.1 Å². The van der Waals surface area contributed by atoms with Crippen LogP contribution in [-0.2, 0) is 0 Å². The number of benzene rings is 1. The Morgan fingerprint density at radius 1 is 1.15 bits per heavy atom. The van der Waals surface area contributed by atoms with Crippen LogP contribution in [0.5, 0.6) is 5.75 Å². The van der Waals surface area contributed by atoms with Gasteiger partial charge in [0.15, 0.2) is 0 Å². The third-order valence-electron chi connectivity index (χ3n) is 2.94. The van der Waals surface area contributed by atoms with Crippen molar-refractivity contribution in [3.8, 4) is 5.75 Å². The van der Waals surface area contributed by atoms with Crippen LogP contribution >= 0.6 is 15.9 Å². The summed E-state index contributed by atoms with van der Waals surface area (Å²) < 4.78 is 6.77. The van der Waals surface area contributed by atoms with E-state index in [1.807, 2.05) is 43.3 Å². The molecule has 4 heteroatoms. The normalized spacial score (nSPS) is 12.0. The zero-order chi connectivity index (χ0) is 14.5. The Morgan fingerprint density at radius 3 is 2.50 bits per heavy atom. The molecule has 0 aliphatic carbocycles. The number of halogens is 1. The minimum absolute atomic E-state index is 0.185. The minimum atomic E-state index is 0.185. The number of nitrogens with one attached hydrogen (secondary N) is 1. The maximum absolute atomic E-state index is 5.75. The number of aromatic nitrogens is 1. The molecule has 2 aromatic rings. The van der Waals surface area contributed by atoms with Gasteiger partial charge in [0, 0.05) is 4.47 Å². The Bertz CT molecular complexity index is 569. The number of pyridine rings is 1. The van der Waals surface area contributed by atoms with Gasteiger partial charge in [0.2, 0.25) is 0 Å². The lowest BCUT2D eigenvalue weighted by molar-refractivity contribution is 0.303. The van der Waals surface area contributed by atoms with Gasteiger partial charge in [-0.2, -0.15) is 0 Å². The summed E-state index contributed by atoms with van der Waals surface area (Å²) in [5.41, 5.74) is 2.21. The van der Waals surface area contributed by atoms with E-state index >= 15 is 0 Å². The molecule has 1 aromatic carbocycles. The second-order valence-corrected chi connectivity index (χ2v) is 5.79. The molecule has 1 unspecified atom stereocenters. The Labute approximate surface area is 128 Å². The van der Waals surface area contributed by atoms with Crippen molar-refractivity contribution in [2.45, 2.75) is 26.8 Å². The second kappa shape index (κ2) is 6.75. The molecular weight excluding hydrogens is 316 g/mol. The van der Waals surface area contributed by atoms with Crippen molar-refractivity contribution in [3.05, 3.63) is 52.1 Å². The summed E-state index contributed by atoms with van der Waals surface area (Å²) >= 11 is 3.45. The van der Waals surface area contributed by atoms with Crippen molar-refractivity contribution in [3.63, 3.8) is 0 Å². The molecule has 20 heavy (non-hydrogen) atoms. The highest BCUT2D eigenvalue weighted by molar-refractivity contribution is 9.10. The summed E-state index contributed by atoms with van der Waals surface area (Å²) in [5, 5.41) is 3.33. The molecule has 0 amide bonds. The first-order chi connectivity index (χ1) is 9.54. The smallest absolute Gasteiger partial charge is 0.126 e. The highest BCUT2D eigenvalue weighted by Crippen LogP contribution is 2.17. The minimum Gasteiger partial charge on any atom is -0.491 e. The Hall–Kier alpha value is -1.55. The molecule has 1 heterocycles. The van der Waals surface area contributed by atoms with E-state index in [0.717, 1.165) is 21.7 Å². The van der Waals surface area contributed by atoms with Gasteiger partial charge < -0.3 is 10.1 Å². The number of rotatable bonds is 5. The first kappa shape index (κ1) is 14.9. The van der Waals surface area contributed by atoms with Crippen molar-refractivity contribution in [2.75, 3.05) is 11.9 Å². The van der Waals surface area contributed by atoms with E-state index < -0.39 is 0 Å². The zero-order valence-corrected chi connectivity index (χ0v) is 13.6. The van der Waals surface area contributed by atoms with Crippen molar-refractivity contribution < 1.29 is 4.74 Å². The predicted octanol–water partition coefficient (Wildman–Crippen LogP) is 4.34. The highest BCUT2D eigenvalue weighted by Gasteiger charge is 2.05. The lowest BCUT2D eigenvalue weighted by atomic mass is 10.2. The van der Waals surface area contributed by atoms with E-state index in [9.17, 15) is 0 Å². The largest absolute Gasteiger partial charge is 0.491 e. The van der Waals surface area contributed by atoms with Gasteiger partial charge in [0.1, 0.15) is 18.2 Å². The maximum atomic E-state index is 5.75. The van der Waals surface area contributed by atoms with Gasteiger partial charge in [0.25, 0.3) is 0 Å². The van der Waals surface area contributed by atoms with E-state index in [4.69, 9.17) is 4.74 Å². The summed E-state index contributed by atoms with van der Waals surface area (Å²) in [6.45, 7) is 6.71. The molecule has 1 aromatic heterocycles. The number of aryl methyl sites for hydroxylation is 2. The summed E-state index contributed by atoms with van der Waals surface area (Å²) in [6, 6.07) is 12.2. The summed E-state index contributed by atoms with van der Waals surface area (Å²) in [6.07, 6.45) is 0. The molecule has 1 N–H and O–H groups in total. The van der Waals surface area contributed by atoms with E-state index in [1.165, 1.54) is 5.56 Å². The molecule has 0 bridgehead atoms. The summed E-state index contributed by atoms with van der Waals surface area (Å²) in [4.78, 5) is 4.47. The monoisotopic (exact) mass is 334 g/mol.